The summed E-state index contributed by atoms with van der Waals surface area (Å²) in [6, 6.07) is 0. The number of aryl methyl sites for hydroxylation is 2. The van der Waals surface area contributed by atoms with Crippen LogP contribution >= 0.6 is 0 Å². The topological polar surface area (TPSA) is 50.1 Å². The zero-order valence-corrected chi connectivity index (χ0v) is 7.84. The van der Waals surface area contributed by atoms with E-state index in [2.05, 4.69) is 10.4 Å². The molecule has 0 amide bonds. The van der Waals surface area contributed by atoms with Gasteiger partial charge in [-0.25, -0.2) is 4.68 Å². The zero-order chi connectivity index (χ0) is 9.84. The molecule has 1 heterocycles. The van der Waals surface area contributed by atoms with Gasteiger partial charge in [0, 0.05) is 25.7 Å². The summed E-state index contributed by atoms with van der Waals surface area (Å²) in [5.41, 5.74) is 1.25. The second kappa shape index (κ2) is 4.34. The van der Waals surface area contributed by atoms with E-state index in [1.54, 1.807) is 14.0 Å². The van der Waals surface area contributed by atoms with E-state index >= 15 is 0 Å². The number of halogens is 1. The Hall–Kier alpha value is -0.940. The Balaban J connectivity index is 2.64. The Bertz CT molecular complexity index is 285. The molecular formula is C8H14FN3O. The first-order valence-corrected chi connectivity index (χ1v) is 4.16. The summed E-state index contributed by atoms with van der Waals surface area (Å²) in [6.07, 6.45) is 0. The minimum absolute atomic E-state index is 0.0565. The molecule has 1 rings (SSSR count). The normalized spacial score (nSPS) is 10.8. The summed E-state index contributed by atoms with van der Waals surface area (Å²) in [6.45, 7) is 2.69. The lowest BCUT2D eigenvalue weighted by molar-refractivity contribution is 0.291. The summed E-state index contributed by atoms with van der Waals surface area (Å²) in [5.74, 6) is -0.317. The molecule has 1 aromatic heterocycles. The van der Waals surface area contributed by atoms with E-state index in [1.807, 2.05) is 0 Å². The summed E-state index contributed by atoms with van der Waals surface area (Å²) in [4.78, 5) is 0. The molecule has 0 aromatic carbocycles. The third kappa shape index (κ3) is 2.26. The van der Waals surface area contributed by atoms with Gasteiger partial charge in [0.2, 0.25) is 5.95 Å². The molecular weight excluding hydrogens is 173 g/mol. The standard InChI is InChI=1S/C8H14FN3O/c1-6-7(5-10-3-4-13)8(9)12(2)11-6/h10,13H,3-5H2,1-2H3. The first-order valence-electron chi connectivity index (χ1n) is 4.16. The Morgan fingerprint density at radius 2 is 2.31 bits per heavy atom. The number of nitrogens with one attached hydrogen (secondary N) is 1. The molecule has 74 valence electrons. The molecule has 0 spiro atoms. The van der Waals surface area contributed by atoms with Crippen LogP contribution < -0.4 is 5.32 Å². The minimum Gasteiger partial charge on any atom is -0.395 e. The van der Waals surface area contributed by atoms with Gasteiger partial charge in [0.15, 0.2) is 0 Å². The molecule has 0 atom stereocenters. The highest BCUT2D eigenvalue weighted by molar-refractivity contribution is 5.16. The highest BCUT2D eigenvalue weighted by atomic mass is 19.1. The van der Waals surface area contributed by atoms with Crippen LogP contribution in [0.5, 0.6) is 0 Å². The average molecular weight is 187 g/mol. The van der Waals surface area contributed by atoms with Gasteiger partial charge in [-0.05, 0) is 6.92 Å². The number of hydrogen-bond acceptors (Lipinski definition) is 3. The van der Waals surface area contributed by atoms with Gasteiger partial charge in [0.25, 0.3) is 0 Å². The van der Waals surface area contributed by atoms with Crippen LogP contribution in [0, 0.1) is 12.9 Å². The van der Waals surface area contributed by atoms with Crippen molar-refractivity contribution in [1.29, 1.82) is 0 Å². The van der Waals surface area contributed by atoms with E-state index in [-0.39, 0.29) is 12.6 Å². The van der Waals surface area contributed by atoms with Crippen LogP contribution in [0.25, 0.3) is 0 Å². The lowest BCUT2D eigenvalue weighted by Gasteiger charge is -2.00. The van der Waals surface area contributed by atoms with Crippen LogP contribution in [-0.4, -0.2) is 28.0 Å². The minimum atomic E-state index is -0.317. The second-order valence-corrected chi connectivity index (χ2v) is 2.88. The van der Waals surface area contributed by atoms with Gasteiger partial charge in [-0.15, -0.1) is 0 Å². The highest BCUT2D eigenvalue weighted by Gasteiger charge is 2.11. The number of aliphatic hydroxyl groups excluding tert-OH is 1. The third-order valence-corrected chi connectivity index (χ3v) is 1.86. The van der Waals surface area contributed by atoms with Crippen molar-refractivity contribution in [3.63, 3.8) is 0 Å². The van der Waals surface area contributed by atoms with Crippen molar-refractivity contribution in [1.82, 2.24) is 15.1 Å². The Kier molecular flexibility index (Phi) is 3.39. The van der Waals surface area contributed by atoms with Crippen LogP contribution in [0.2, 0.25) is 0 Å². The summed E-state index contributed by atoms with van der Waals surface area (Å²) in [5, 5.41) is 15.3. The molecule has 5 heteroatoms. The van der Waals surface area contributed by atoms with E-state index in [4.69, 9.17) is 5.11 Å². The van der Waals surface area contributed by atoms with Crippen molar-refractivity contribution < 1.29 is 9.50 Å². The molecule has 0 fully saturated rings. The fourth-order valence-electron chi connectivity index (χ4n) is 1.17. The summed E-state index contributed by atoms with van der Waals surface area (Å²) >= 11 is 0. The second-order valence-electron chi connectivity index (χ2n) is 2.88. The molecule has 0 radical (unpaired) electrons. The van der Waals surface area contributed by atoms with E-state index < -0.39 is 0 Å². The lowest BCUT2D eigenvalue weighted by atomic mass is 10.2. The third-order valence-electron chi connectivity index (χ3n) is 1.86. The lowest BCUT2D eigenvalue weighted by Crippen LogP contribution is -2.18. The predicted octanol–water partition coefficient (Wildman–Crippen LogP) is -0.0505. The summed E-state index contributed by atoms with van der Waals surface area (Å²) in [7, 11) is 1.57. The smallest absolute Gasteiger partial charge is 0.215 e. The predicted molar refractivity (Wildman–Crippen MR) is 46.7 cm³/mol. The molecule has 0 aliphatic carbocycles. The van der Waals surface area contributed by atoms with Crippen molar-refractivity contribution in [3.8, 4) is 0 Å². The Morgan fingerprint density at radius 1 is 1.62 bits per heavy atom. The van der Waals surface area contributed by atoms with Gasteiger partial charge in [-0.2, -0.15) is 9.49 Å². The van der Waals surface area contributed by atoms with Crippen LogP contribution in [0.4, 0.5) is 4.39 Å². The number of aliphatic hydroxyl groups is 1. The van der Waals surface area contributed by atoms with Gasteiger partial charge >= 0.3 is 0 Å². The first kappa shape index (κ1) is 10.1. The maximum absolute atomic E-state index is 13.2. The van der Waals surface area contributed by atoms with Crippen LogP contribution in [0.1, 0.15) is 11.3 Å². The van der Waals surface area contributed by atoms with E-state index in [0.29, 0.717) is 24.3 Å². The fourth-order valence-corrected chi connectivity index (χ4v) is 1.17. The molecule has 0 unspecified atom stereocenters. The average Bonchev–Trinajstić information content (AvgIpc) is 2.32. The van der Waals surface area contributed by atoms with Crippen molar-refractivity contribution in [2.75, 3.05) is 13.2 Å². The Labute approximate surface area is 76.4 Å². The van der Waals surface area contributed by atoms with Crippen LogP contribution in [-0.2, 0) is 13.6 Å². The number of aromatic nitrogens is 2. The molecule has 0 aliphatic rings. The Morgan fingerprint density at radius 3 is 2.77 bits per heavy atom. The molecule has 1 aromatic rings. The van der Waals surface area contributed by atoms with E-state index in [9.17, 15) is 4.39 Å². The molecule has 0 aliphatic heterocycles. The van der Waals surface area contributed by atoms with Gasteiger partial charge in [-0.3, -0.25) is 0 Å². The number of hydrogen-bond donors (Lipinski definition) is 2. The highest BCUT2D eigenvalue weighted by Crippen LogP contribution is 2.09. The van der Waals surface area contributed by atoms with Crippen LogP contribution in [0.3, 0.4) is 0 Å². The molecule has 4 nitrogen and oxygen atoms in total. The SMILES string of the molecule is Cc1nn(C)c(F)c1CNCCO. The van der Waals surface area contributed by atoms with Gasteiger partial charge < -0.3 is 10.4 Å². The molecule has 0 bridgehead atoms. The van der Waals surface area contributed by atoms with Crippen molar-refractivity contribution in [3.05, 3.63) is 17.2 Å². The number of nitrogens with zero attached hydrogens (tertiary/aromatic N) is 2. The maximum atomic E-state index is 13.2. The van der Waals surface area contributed by atoms with Gasteiger partial charge in [0.1, 0.15) is 0 Å². The van der Waals surface area contributed by atoms with Crippen molar-refractivity contribution >= 4 is 0 Å². The molecule has 0 saturated heterocycles. The fraction of sp³-hybridized carbons (Fsp3) is 0.625. The van der Waals surface area contributed by atoms with Crippen molar-refractivity contribution in [2.45, 2.75) is 13.5 Å². The zero-order valence-electron chi connectivity index (χ0n) is 7.84. The first-order chi connectivity index (χ1) is 6.16. The van der Waals surface area contributed by atoms with E-state index in [1.165, 1.54) is 4.68 Å². The quantitative estimate of drug-likeness (QED) is 0.650. The number of rotatable bonds is 4. The maximum Gasteiger partial charge on any atom is 0.215 e. The van der Waals surface area contributed by atoms with Crippen LogP contribution in [0.15, 0.2) is 0 Å². The molecule has 2 N–H and O–H groups in total. The summed E-state index contributed by atoms with van der Waals surface area (Å²) < 4.78 is 14.5. The molecule has 0 saturated carbocycles. The van der Waals surface area contributed by atoms with Gasteiger partial charge in [-0.1, -0.05) is 0 Å². The van der Waals surface area contributed by atoms with E-state index in [0.717, 1.165) is 0 Å². The largest absolute Gasteiger partial charge is 0.395 e. The van der Waals surface area contributed by atoms with Gasteiger partial charge in [0.05, 0.1) is 12.3 Å². The van der Waals surface area contributed by atoms with Crippen molar-refractivity contribution in [2.24, 2.45) is 7.05 Å². The monoisotopic (exact) mass is 187 g/mol. The molecule has 13 heavy (non-hydrogen) atoms.